The van der Waals surface area contributed by atoms with Gasteiger partial charge in [-0.2, -0.15) is 0 Å². The number of hydrogen-bond donors (Lipinski definition) is 2. The number of amides is 1. The first kappa shape index (κ1) is 14.9. The Hall–Kier alpha value is -2.04. The summed E-state index contributed by atoms with van der Waals surface area (Å²) in [6.45, 7) is 0.669. The van der Waals surface area contributed by atoms with Gasteiger partial charge in [-0.25, -0.2) is 0 Å². The molecule has 0 aromatic heterocycles. The van der Waals surface area contributed by atoms with Gasteiger partial charge in [0.25, 0.3) is 5.91 Å². The number of halogens is 1. The molecule has 4 nitrogen and oxygen atoms in total. The Bertz CT molecular complexity index is 635. The molecular formula is C17H17ClN2O2. The van der Waals surface area contributed by atoms with Crippen LogP contribution in [0.4, 0.5) is 17.1 Å². The number of carbonyl (C=O) groups excluding carboxylic acids is 1. The highest BCUT2D eigenvalue weighted by molar-refractivity contribution is 6.30. The van der Waals surface area contributed by atoms with Gasteiger partial charge in [0.1, 0.15) is 6.10 Å². The van der Waals surface area contributed by atoms with Gasteiger partial charge in [0.15, 0.2) is 0 Å². The Labute approximate surface area is 134 Å². The Balaban J connectivity index is 1.60. The van der Waals surface area contributed by atoms with E-state index in [-0.39, 0.29) is 12.0 Å². The van der Waals surface area contributed by atoms with E-state index in [1.807, 2.05) is 48.5 Å². The molecule has 2 aromatic carbocycles. The van der Waals surface area contributed by atoms with Crippen LogP contribution in [0.3, 0.4) is 0 Å². The maximum atomic E-state index is 12.0. The summed E-state index contributed by atoms with van der Waals surface area (Å²) in [5.74, 6) is -0.0732. The fraction of sp³-hybridized carbons (Fsp3) is 0.235. The number of nitrogens with one attached hydrogen (secondary N) is 2. The maximum Gasteiger partial charge on any atom is 0.253 e. The number of benzene rings is 2. The van der Waals surface area contributed by atoms with E-state index in [0.29, 0.717) is 11.6 Å². The van der Waals surface area contributed by atoms with Gasteiger partial charge < -0.3 is 15.4 Å². The molecular weight excluding hydrogens is 300 g/mol. The maximum absolute atomic E-state index is 12.0. The molecule has 3 rings (SSSR count). The minimum absolute atomic E-state index is 0.0732. The summed E-state index contributed by atoms with van der Waals surface area (Å²) in [5, 5.41) is 6.85. The summed E-state index contributed by atoms with van der Waals surface area (Å²) in [7, 11) is 0. The van der Waals surface area contributed by atoms with Crippen LogP contribution in [-0.4, -0.2) is 18.6 Å². The number of rotatable bonds is 4. The van der Waals surface area contributed by atoms with E-state index >= 15 is 0 Å². The molecule has 1 atom stereocenters. The lowest BCUT2D eigenvalue weighted by Crippen LogP contribution is -2.26. The van der Waals surface area contributed by atoms with E-state index in [1.54, 1.807) is 0 Å². The first-order chi connectivity index (χ1) is 10.7. The molecule has 1 aliphatic heterocycles. The van der Waals surface area contributed by atoms with Crippen molar-refractivity contribution in [3.63, 3.8) is 0 Å². The molecule has 22 heavy (non-hydrogen) atoms. The highest BCUT2D eigenvalue weighted by atomic mass is 35.5. The molecule has 1 heterocycles. The molecule has 1 saturated heterocycles. The van der Waals surface area contributed by atoms with Gasteiger partial charge in [0.05, 0.1) is 0 Å². The van der Waals surface area contributed by atoms with Crippen LogP contribution in [-0.2, 0) is 9.53 Å². The second kappa shape index (κ2) is 6.81. The predicted molar refractivity (Wildman–Crippen MR) is 88.8 cm³/mol. The van der Waals surface area contributed by atoms with Crippen LogP contribution in [0.15, 0.2) is 48.5 Å². The minimum Gasteiger partial charge on any atom is -0.368 e. The molecule has 0 radical (unpaired) electrons. The average molecular weight is 317 g/mol. The number of ether oxygens (including phenoxy) is 1. The highest BCUT2D eigenvalue weighted by Gasteiger charge is 2.23. The van der Waals surface area contributed by atoms with Crippen molar-refractivity contribution in [2.24, 2.45) is 0 Å². The van der Waals surface area contributed by atoms with Crippen LogP contribution < -0.4 is 10.6 Å². The van der Waals surface area contributed by atoms with Gasteiger partial charge in [0, 0.05) is 28.7 Å². The van der Waals surface area contributed by atoms with Gasteiger partial charge in [-0.05, 0) is 61.4 Å². The van der Waals surface area contributed by atoms with Gasteiger partial charge in [-0.3, -0.25) is 4.79 Å². The van der Waals surface area contributed by atoms with Crippen molar-refractivity contribution in [1.82, 2.24) is 0 Å². The molecule has 1 unspecified atom stereocenters. The molecule has 0 bridgehead atoms. The van der Waals surface area contributed by atoms with Crippen LogP contribution >= 0.6 is 11.6 Å². The van der Waals surface area contributed by atoms with Crippen LogP contribution in [0.5, 0.6) is 0 Å². The molecule has 5 heteroatoms. The van der Waals surface area contributed by atoms with Gasteiger partial charge in [-0.15, -0.1) is 0 Å². The molecule has 0 aliphatic carbocycles. The normalized spacial score (nSPS) is 17.2. The van der Waals surface area contributed by atoms with Crippen LogP contribution in [0.2, 0.25) is 5.02 Å². The smallest absolute Gasteiger partial charge is 0.253 e. The first-order valence-electron chi connectivity index (χ1n) is 7.26. The van der Waals surface area contributed by atoms with E-state index in [1.165, 1.54) is 0 Å². The van der Waals surface area contributed by atoms with E-state index in [9.17, 15) is 4.79 Å². The Morgan fingerprint density at radius 3 is 2.18 bits per heavy atom. The van der Waals surface area contributed by atoms with Gasteiger partial charge in [0.2, 0.25) is 0 Å². The zero-order valence-corrected chi connectivity index (χ0v) is 12.8. The third-order valence-corrected chi connectivity index (χ3v) is 3.76. The highest BCUT2D eigenvalue weighted by Crippen LogP contribution is 2.21. The second-order valence-electron chi connectivity index (χ2n) is 5.20. The molecule has 1 fully saturated rings. The lowest BCUT2D eigenvalue weighted by molar-refractivity contribution is -0.124. The van der Waals surface area contributed by atoms with Crippen molar-refractivity contribution in [3.8, 4) is 0 Å². The van der Waals surface area contributed by atoms with E-state index in [2.05, 4.69) is 10.6 Å². The minimum atomic E-state index is -0.313. The van der Waals surface area contributed by atoms with Crippen molar-refractivity contribution < 1.29 is 9.53 Å². The quantitative estimate of drug-likeness (QED) is 0.888. The van der Waals surface area contributed by atoms with E-state index in [4.69, 9.17) is 16.3 Å². The Kier molecular flexibility index (Phi) is 4.61. The fourth-order valence-electron chi connectivity index (χ4n) is 2.34. The van der Waals surface area contributed by atoms with Crippen molar-refractivity contribution >= 4 is 34.6 Å². The van der Waals surface area contributed by atoms with Crippen molar-refractivity contribution in [1.29, 1.82) is 0 Å². The molecule has 2 aromatic rings. The Morgan fingerprint density at radius 2 is 1.59 bits per heavy atom. The SMILES string of the molecule is O=C(Nc1ccc(Nc2ccc(Cl)cc2)cc1)C1CCCO1. The predicted octanol–water partition coefficient (Wildman–Crippen LogP) is 4.20. The fourth-order valence-corrected chi connectivity index (χ4v) is 2.47. The van der Waals surface area contributed by atoms with E-state index < -0.39 is 0 Å². The van der Waals surface area contributed by atoms with Crippen molar-refractivity contribution in [3.05, 3.63) is 53.6 Å². The number of hydrogen-bond acceptors (Lipinski definition) is 3. The molecule has 1 aliphatic rings. The summed E-state index contributed by atoms with van der Waals surface area (Å²) in [6, 6.07) is 15.1. The van der Waals surface area contributed by atoms with Crippen molar-refractivity contribution in [2.45, 2.75) is 18.9 Å². The zero-order valence-electron chi connectivity index (χ0n) is 12.0. The third kappa shape index (κ3) is 3.78. The summed E-state index contributed by atoms with van der Waals surface area (Å²) in [6.07, 6.45) is 1.43. The van der Waals surface area contributed by atoms with Crippen molar-refractivity contribution in [2.75, 3.05) is 17.2 Å². The molecule has 1 amide bonds. The topological polar surface area (TPSA) is 50.4 Å². The van der Waals surface area contributed by atoms with Gasteiger partial charge in [-0.1, -0.05) is 11.6 Å². The van der Waals surface area contributed by atoms with Crippen LogP contribution in [0.1, 0.15) is 12.8 Å². The van der Waals surface area contributed by atoms with Gasteiger partial charge >= 0.3 is 0 Å². The largest absolute Gasteiger partial charge is 0.368 e. The standard InChI is InChI=1S/C17H17ClN2O2/c18-12-3-5-13(6-4-12)19-14-7-9-15(10-8-14)20-17(21)16-2-1-11-22-16/h3-10,16,19H,1-2,11H2,(H,20,21). The summed E-state index contributed by atoms with van der Waals surface area (Å²) in [4.78, 5) is 12.0. The second-order valence-corrected chi connectivity index (χ2v) is 5.64. The summed E-state index contributed by atoms with van der Waals surface area (Å²) < 4.78 is 5.36. The molecule has 0 spiro atoms. The lowest BCUT2D eigenvalue weighted by atomic mass is 10.2. The monoisotopic (exact) mass is 316 g/mol. The number of carbonyl (C=O) groups is 1. The molecule has 114 valence electrons. The summed E-state index contributed by atoms with van der Waals surface area (Å²) in [5.41, 5.74) is 2.67. The first-order valence-corrected chi connectivity index (χ1v) is 7.64. The third-order valence-electron chi connectivity index (χ3n) is 3.51. The van der Waals surface area contributed by atoms with Crippen LogP contribution in [0.25, 0.3) is 0 Å². The molecule has 0 saturated carbocycles. The van der Waals surface area contributed by atoms with E-state index in [0.717, 1.165) is 29.9 Å². The lowest BCUT2D eigenvalue weighted by Gasteiger charge is -2.11. The average Bonchev–Trinajstić information content (AvgIpc) is 3.06. The zero-order chi connectivity index (χ0) is 15.4. The molecule has 2 N–H and O–H groups in total. The number of anilines is 3. The Morgan fingerprint density at radius 1 is 1.00 bits per heavy atom. The summed E-state index contributed by atoms with van der Waals surface area (Å²) >= 11 is 5.86. The van der Waals surface area contributed by atoms with Crippen LogP contribution in [0, 0.1) is 0 Å².